The second-order valence-corrected chi connectivity index (χ2v) is 9.43. The van der Waals surface area contributed by atoms with Crippen molar-refractivity contribution in [1.82, 2.24) is 9.80 Å². The highest BCUT2D eigenvalue weighted by molar-refractivity contribution is 7.99. The number of anilines is 2. The molecule has 2 aromatic rings. The summed E-state index contributed by atoms with van der Waals surface area (Å²) < 4.78 is 0. The second-order valence-electron chi connectivity index (χ2n) is 7.92. The number of amides is 3. The molecule has 1 fully saturated rings. The SMILES string of the molecule is CCC(C)Sc1ccc(NC(=O)N2CCN(CC(=O)Nc3ccccc3)CC2)c(C)c1. The highest BCUT2D eigenvalue weighted by Crippen LogP contribution is 2.28. The summed E-state index contributed by atoms with van der Waals surface area (Å²) in [4.78, 5) is 30.1. The molecule has 0 aliphatic carbocycles. The normalized spacial score (nSPS) is 15.4. The molecule has 0 radical (unpaired) electrons. The van der Waals surface area contributed by atoms with Crippen LogP contribution >= 0.6 is 11.8 Å². The largest absolute Gasteiger partial charge is 0.325 e. The van der Waals surface area contributed by atoms with E-state index in [1.54, 1.807) is 0 Å². The lowest BCUT2D eigenvalue weighted by atomic mass is 10.2. The van der Waals surface area contributed by atoms with E-state index in [0.717, 1.165) is 23.4 Å². The van der Waals surface area contributed by atoms with Gasteiger partial charge in [0, 0.05) is 47.7 Å². The van der Waals surface area contributed by atoms with Crippen molar-refractivity contribution in [3.8, 4) is 0 Å². The predicted molar refractivity (Wildman–Crippen MR) is 129 cm³/mol. The van der Waals surface area contributed by atoms with Gasteiger partial charge >= 0.3 is 6.03 Å². The number of nitrogens with zero attached hydrogens (tertiary/aromatic N) is 2. The Bertz CT molecular complexity index is 882. The van der Waals surface area contributed by atoms with Gasteiger partial charge in [-0.05, 0) is 49.2 Å². The van der Waals surface area contributed by atoms with E-state index in [-0.39, 0.29) is 11.9 Å². The van der Waals surface area contributed by atoms with Crippen LogP contribution in [0.5, 0.6) is 0 Å². The van der Waals surface area contributed by atoms with Crippen LogP contribution in [-0.2, 0) is 4.79 Å². The lowest BCUT2D eigenvalue weighted by Crippen LogP contribution is -2.51. The van der Waals surface area contributed by atoms with Gasteiger partial charge in [-0.2, -0.15) is 0 Å². The first-order valence-corrected chi connectivity index (χ1v) is 11.7. The second kappa shape index (κ2) is 11.2. The monoisotopic (exact) mass is 440 g/mol. The van der Waals surface area contributed by atoms with Gasteiger partial charge in [0.25, 0.3) is 0 Å². The summed E-state index contributed by atoms with van der Waals surface area (Å²) in [6, 6.07) is 15.6. The number of carbonyl (C=O) groups is 2. The Morgan fingerprint density at radius 3 is 2.39 bits per heavy atom. The zero-order chi connectivity index (χ0) is 22.2. The summed E-state index contributed by atoms with van der Waals surface area (Å²) in [6.45, 7) is 9.34. The standard InChI is InChI=1S/C24H32N4O2S/c1-4-19(3)31-21-10-11-22(18(2)16-21)26-24(30)28-14-12-27(13-15-28)17-23(29)25-20-8-6-5-7-9-20/h5-11,16,19H,4,12-15,17H2,1-3H3,(H,25,29)(H,26,30). The molecule has 0 bridgehead atoms. The first kappa shape index (κ1) is 23.2. The predicted octanol–water partition coefficient (Wildman–Crippen LogP) is 4.67. The quantitative estimate of drug-likeness (QED) is 0.614. The Morgan fingerprint density at radius 1 is 1.03 bits per heavy atom. The number of thioether (sulfide) groups is 1. The topological polar surface area (TPSA) is 64.7 Å². The average molecular weight is 441 g/mol. The molecule has 7 heteroatoms. The van der Waals surface area contributed by atoms with Crippen molar-refractivity contribution < 1.29 is 9.59 Å². The van der Waals surface area contributed by atoms with Gasteiger partial charge < -0.3 is 15.5 Å². The van der Waals surface area contributed by atoms with Crippen LogP contribution in [0.4, 0.5) is 16.2 Å². The number of piperazine rings is 1. The van der Waals surface area contributed by atoms with E-state index in [1.165, 1.54) is 4.90 Å². The lowest BCUT2D eigenvalue weighted by molar-refractivity contribution is -0.117. The average Bonchev–Trinajstić information content (AvgIpc) is 2.76. The molecule has 1 heterocycles. The molecule has 2 N–H and O–H groups in total. The number of urea groups is 1. The number of benzene rings is 2. The number of aryl methyl sites for hydroxylation is 1. The molecule has 1 atom stereocenters. The number of hydrogen-bond acceptors (Lipinski definition) is 4. The third-order valence-electron chi connectivity index (χ3n) is 5.44. The van der Waals surface area contributed by atoms with E-state index in [0.29, 0.717) is 38.0 Å². The molecule has 0 saturated carbocycles. The van der Waals surface area contributed by atoms with Gasteiger partial charge in [0.05, 0.1) is 6.54 Å². The van der Waals surface area contributed by atoms with Gasteiger partial charge in [-0.1, -0.05) is 32.0 Å². The van der Waals surface area contributed by atoms with Gasteiger partial charge in [0.1, 0.15) is 0 Å². The number of carbonyl (C=O) groups excluding carboxylic acids is 2. The molecule has 6 nitrogen and oxygen atoms in total. The molecule has 1 aliphatic rings. The van der Waals surface area contributed by atoms with Crippen LogP contribution in [-0.4, -0.2) is 59.7 Å². The summed E-state index contributed by atoms with van der Waals surface area (Å²) in [7, 11) is 0. The fourth-order valence-electron chi connectivity index (χ4n) is 3.39. The van der Waals surface area contributed by atoms with Crippen molar-refractivity contribution in [2.75, 3.05) is 43.4 Å². The van der Waals surface area contributed by atoms with Crippen molar-refractivity contribution in [1.29, 1.82) is 0 Å². The number of nitrogens with one attached hydrogen (secondary N) is 2. The molecular weight excluding hydrogens is 408 g/mol. The first-order valence-electron chi connectivity index (χ1n) is 10.8. The van der Waals surface area contributed by atoms with Gasteiger partial charge in [-0.3, -0.25) is 9.69 Å². The minimum atomic E-state index is -0.0844. The van der Waals surface area contributed by atoms with Crippen LogP contribution < -0.4 is 10.6 Å². The van der Waals surface area contributed by atoms with Gasteiger partial charge in [0.2, 0.25) is 5.91 Å². The Balaban J connectivity index is 1.45. The molecule has 1 aliphatic heterocycles. The highest BCUT2D eigenvalue weighted by Gasteiger charge is 2.23. The first-order chi connectivity index (χ1) is 14.9. The summed E-state index contributed by atoms with van der Waals surface area (Å²) in [5.74, 6) is -0.0323. The van der Waals surface area contributed by atoms with Crippen LogP contribution in [0.3, 0.4) is 0 Å². The molecule has 1 saturated heterocycles. The molecule has 0 aromatic heterocycles. The summed E-state index contributed by atoms with van der Waals surface area (Å²) in [5, 5.41) is 6.52. The maximum atomic E-state index is 12.7. The molecule has 1 unspecified atom stereocenters. The molecule has 2 aromatic carbocycles. The smallest absolute Gasteiger partial charge is 0.321 e. The fourth-order valence-corrected chi connectivity index (χ4v) is 4.42. The Kier molecular flexibility index (Phi) is 8.37. The highest BCUT2D eigenvalue weighted by atomic mass is 32.2. The molecule has 166 valence electrons. The van der Waals surface area contributed by atoms with Crippen LogP contribution in [0.15, 0.2) is 53.4 Å². The summed E-state index contributed by atoms with van der Waals surface area (Å²) in [6.07, 6.45) is 1.13. The van der Waals surface area contributed by atoms with E-state index >= 15 is 0 Å². The van der Waals surface area contributed by atoms with E-state index in [1.807, 2.05) is 60.0 Å². The van der Waals surface area contributed by atoms with Crippen molar-refractivity contribution in [3.63, 3.8) is 0 Å². The summed E-state index contributed by atoms with van der Waals surface area (Å²) >= 11 is 1.86. The Morgan fingerprint density at radius 2 is 1.74 bits per heavy atom. The molecule has 3 rings (SSSR count). The van der Waals surface area contributed by atoms with E-state index < -0.39 is 0 Å². The maximum Gasteiger partial charge on any atom is 0.321 e. The van der Waals surface area contributed by atoms with Crippen molar-refractivity contribution in [2.24, 2.45) is 0 Å². The van der Waals surface area contributed by atoms with Crippen molar-refractivity contribution >= 4 is 35.1 Å². The van der Waals surface area contributed by atoms with Crippen molar-refractivity contribution in [2.45, 2.75) is 37.3 Å². The molecule has 3 amide bonds. The zero-order valence-electron chi connectivity index (χ0n) is 18.6. The Labute approximate surface area is 189 Å². The van der Waals surface area contributed by atoms with Crippen LogP contribution in [0.2, 0.25) is 0 Å². The minimum absolute atomic E-state index is 0.0323. The molecular formula is C24H32N4O2S. The fraction of sp³-hybridized carbons (Fsp3) is 0.417. The number of hydrogen-bond donors (Lipinski definition) is 2. The number of rotatable bonds is 7. The van der Waals surface area contributed by atoms with Crippen LogP contribution in [0, 0.1) is 6.92 Å². The van der Waals surface area contributed by atoms with Gasteiger partial charge in [-0.25, -0.2) is 4.79 Å². The van der Waals surface area contributed by atoms with Crippen LogP contribution in [0.25, 0.3) is 0 Å². The maximum absolute atomic E-state index is 12.7. The Hall–Kier alpha value is -2.51. The number of para-hydroxylation sites is 1. The van der Waals surface area contributed by atoms with Gasteiger partial charge in [-0.15, -0.1) is 11.8 Å². The minimum Gasteiger partial charge on any atom is -0.325 e. The zero-order valence-corrected chi connectivity index (χ0v) is 19.4. The summed E-state index contributed by atoms with van der Waals surface area (Å²) in [5.41, 5.74) is 2.72. The van der Waals surface area contributed by atoms with E-state index in [2.05, 4.69) is 41.5 Å². The molecule has 0 spiro atoms. The van der Waals surface area contributed by atoms with E-state index in [9.17, 15) is 9.59 Å². The van der Waals surface area contributed by atoms with E-state index in [4.69, 9.17) is 0 Å². The van der Waals surface area contributed by atoms with Crippen LogP contribution in [0.1, 0.15) is 25.8 Å². The lowest BCUT2D eigenvalue weighted by Gasteiger charge is -2.34. The van der Waals surface area contributed by atoms with Crippen molar-refractivity contribution in [3.05, 3.63) is 54.1 Å². The third-order valence-corrected chi connectivity index (χ3v) is 6.70. The molecule has 31 heavy (non-hydrogen) atoms. The van der Waals surface area contributed by atoms with Gasteiger partial charge in [0.15, 0.2) is 0 Å². The third kappa shape index (κ3) is 7.01.